The van der Waals surface area contributed by atoms with Crippen LogP contribution >= 0.6 is 0 Å². The van der Waals surface area contributed by atoms with E-state index >= 15 is 0 Å². The summed E-state index contributed by atoms with van der Waals surface area (Å²) in [5.41, 5.74) is 1.84. The third-order valence-corrected chi connectivity index (χ3v) is 3.25. The average molecular weight is 306 g/mol. The van der Waals surface area contributed by atoms with Gasteiger partial charge >= 0.3 is 0 Å². The lowest BCUT2D eigenvalue weighted by Crippen LogP contribution is -2.02. The first-order chi connectivity index (χ1) is 11.2. The van der Waals surface area contributed by atoms with Crippen molar-refractivity contribution in [1.82, 2.24) is 9.97 Å². The average Bonchev–Trinajstić information content (AvgIpc) is 2.56. The maximum atomic E-state index is 5.35. The zero-order valence-corrected chi connectivity index (χ0v) is 13.1. The number of ether oxygens (including phenoxy) is 1. The van der Waals surface area contributed by atoms with Crippen molar-refractivity contribution in [1.29, 1.82) is 0 Å². The maximum absolute atomic E-state index is 5.35. The van der Waals surface area contributed by atoms with Gasteiger partial charge in [0.2, 0.25) is 0 Å². The molecule has 0 aliphatic rings. The zero-order chi connectivity index (χ0) is 16.1. The molecule has 0 saturated carbocycles. The molecule has 0 saturated heterocycles. The predicted molar refractivity (Wildman–Crippen MR) is 92.8 cm³/mol. The number of aromatic nitrogens is 2. The zero-order valence-electron chi connectivity index (χ0n) is 13.1. The molecule has 0 aliphatic heterocycles. The minimum absolute atomic E-state index is 0.684. The molecular formula is C18H18N4O. The smallest absolute Gasteiger partial charge is 0.142 e. The van der Waals surface area contributed by atoms with E-state index in [1.807, 2.05) is 67.6 Å². The lowest BCUT2D eigenvalue weighted by molar-refractivity contribution is 0.417. The SMILES string of the molecule is COc1ccccc1Nc1cc(Nc2ccccc2)nc(C)n1. The van der Waals surface area contributed by atoms with Gasteiger partial charge in [0.25, 0.3) is 0 Å². The molecule has 1 heterocycles. The Morgan fingerprint density at radius 1 is 0.826 bits per heavy atom. The number of nitrogens with one attached hydrogen (secondary N) is 2. The normalized spacial score (nSPS) is 10.2. The molecule has 0 amide bonds. The number of methoxy groups -OCH3 is 1. The van der Waals surface area contributed by atoms with Crippen LogP contribution in [0.15, 0.2) is 60.7 Å². The van der Waals surface area contributed by atoms with Gasteiger partial charge in [0.05, 0.1) is 12.8 Å². The monoisotopic (exact) mass is 306 g/mol. The van der Waals surface area contributed by atoms with E-state index in [-0.39, 0.29) is 0 Å². The van der Waals surface area contributed by atoms with Gasteiger partial charge in [-0.2, -0.15) is 0 Å². The van der Waals surface area contributed by atoms with Crippen LogP contribution in [0.3, 0.4) is 0 Å². The highest BCUT2D eigenvalue weighted by Crippen LogP contribution is 2.27. The van der Waals surface area contributed by atoms with Crippen molar-refractivity contribution in [2.45, 2.75) is 6.92 Å². The first kappa shape index (κ1) is 14.8. The molecule has 23 heavy (non-hydrogen) atoms. The van der Waals surface area contributed by atoms with E-state index in [1.165, 1.54) is 0 Å². The summed E-state index contributed by atoms with van der Waals surface area (Å²) in [5.74, 6) is 2.89. The fourth-order valence-corrected chi connectivity index (χ4v) is 2.25. The van der Waals surface area contributed by atoms with Crippen molar-refractivity contribution in [3.8, 4) is 5.75 Å². The van der Waals surface area contributed by atoms with Crippen LogP contribution in [0.4, 0.5) is 23.0 Å². The molecular weight excluding hydrogens is 288 g/mol. The molecule has 5 nitrogen and oxygen atoms in total. The molecule has 0 aliphatic carbocycles. The molecule has 5 heteroatoms. The van der Waals surface area contributed by atoms with Crippen molar-refractivity contribution < 1.29 is 4.74 Å². The van der Waals surface area contributed by atoms with E-state index in [2.05, 4.69) is 20.6 Å². The van der Waals surface area contributed by atoms with Crippen molar-refractivity contribution in [3.05, 3.63) is 66.5 Å². The van der Waals surface area contributed by atoms with Crippen molar-refractivity contribution in [2.24, 2.45) is 0 Å². The second-order valence-corrected chi connectivity index (χ2v) is 5.00. The summed E-state index contributed by atoms with van der Waals surface area (Å²) in [4.78, 5) is 8.85. The topological polar surface area (TPSA) is 59.1 Å². The van der Waals surface area contributed by atoms with Gasteiger partial charge in [-0.3, -0.25) is 0 Å². The van der Waals surface area contributed by atoms with Crippen LogP contribution in [0.1, 0.15) is 5.82 Å². The number of aryl methyl sites for hydroxylation is 1. The van der Waals surface area contributed by atoms with Gasteiger partial charge in [0.15, 0.2) is 0 Å². The lowest BCUT2D eigenvalue weighted by atomic mass is 10.3. The maximum Gasteiger partial charge on any atom is 0.142 e. The molecule has 0 bridgehead atoms. The Hall–Kier alpha value is -3.08. The summed E-state index contributed by atoms with van der Waals surface area (Å²) >= 11 is 0. The van der Waals surface area contributed by atoms with Crippen molar-refractivity contribution in [3.63, 3.8) is 0 Å². The summed E-state index contributed by atoms with van der Waals surface area (Å²) < 4.78 is 5.35. The van der Waals surface area contributed by atoms with Crippen LogP contribution in [0.25, 0.3) is 0 Å². The quantitative estimate of drug-likeness (QED) is 0.736. The lowest BCUT2D eigenvalue weighted by Gasteiger charge is -2.12. The minimum Gasteiger partial charge on any atom is -0.495 e. The molecule has 0 radical (unpaired) electrons. The van der Waals surface area contributed by atoms with Crippen LogP contribution in [0.2, 0.25) is 0 Å². The minimum atomic E-state index is 0.684. The molecule has 0 spiro atoms. The van der Waals surface area contributed by atoms with E-state index in [0.717, 1.165) is 22.9 Å². The third-order valence-electron chi connectivity index (χ3n) is 3.25. The van der Waals surface area contributed by atoms with Crippen LogP contribution in [0, 0.1) is 6.92 Å². The second-order valence-electron chi connectivity index (χ2n) is 5.00. The Labute approximate surface area is 135 Å². The highest BCUT2D eigenvalue weighted by molar-refractivity contribution is 5.67. The highest BCUT2D eigenvalue weighted by Gasteiger charge is 2.06. The van der Waals surface area contributed by atoms with E-state index in [9.17, 15) is 0 Å². The molecule has 3 rings (SSSR count). The number of nitrogens with zero attached hydrogens (tertiary/aromatic N) is 2. The summed E-state index contributed by atoms with van der Waals surface area (Å²) in [7, 11) is 1.65. The first-order valence-corrected chi connectivity index (χ1v) is 7.32. The van der Waals surface area contributed by atoms with Gasteiger partial charge in [-0.25, -0.2) is 9.97 Å². The number of benzene rings is 2. The fourth-order valence-electron chi connectivity index (χ4n) is 2.25. The molecule has 0 fully saturated rings. The Kier molecular flexibility index (Phi) is 4.38. The van der Waals surface area contributed by atoms with Gasteiger partial charge in [-0.05, 0) is 31.2 Å². The molecule has 2 aromatic carbocycles. The van der Waals surface area contributed by atoms with Gasteiger partial charge in [0, 0.05) is 11.8 Å². The molecule has 3 aromatic rings. The first-order valence-electron chi connectivity index (χ1n) is 7.32. The molecule has 0 atom stereocenters. The number of hydrogen-bond acceptors (Lipinski definition) is 5. The summed E-state index contributed by atoms with van der Waals surface area (Å²) in [5, 5.41) is 6.55. The highest BCUT2D eigenvalue weighted by atomic mass is 16.5. The van der Waals surface area contributed by atoms with E-state index in [0.29, 0.717) is 11.6 Å². The Morgan fingerprint density at radius 2 is 1.48 bits per heavy atom. The summed E-state index contributed by atoms with van der Waals surface area (Å²) in [6, 6.07) is 19.5. The summed E-state index contributed by atoms with van der Waals surface area (Å²) in [6.45, 7) is 1.86. The van der Waals surface area contributed by atoms with Gasteiger partial charge in [-0.1, -0.05) is 30.3 Å². The molecule has 2 N–H and O–H groups in total. The molecule has 0 unspecified atom stereocenters. The van der Waals surface area contributed by atoms with E-state index in [4.69, 9.17) is 4.74 Å². The number of anilines is 4. The van der Waals surface area contributed by atoms with Gasteiger partial charge < -0.3 is 15.4 Å². The standard InChI is InChI=1S/C18H18N4O/c1-13-19-17(21-14-8-4-3-5-9-14)12-18(20-13)22-15-10-6-7-11-16(15)23-2/h3-12H,1-2H3,(H2,19,20,21,22). The molecule has 116 valence electrons. The number of rotatable bonds is 5. The largest absolute Gasteiger partial charge is 0.495 e. The van der Waals surface area contributed by atoms with Crippen molar-refractivity contribution >= 4 is 23.0 Å². The van der Waals surface area contributed by atoms with E-state index < -0.39 is 0 Å². The second kappa shape index (κ2) is 6.79. The van der Waals surface area contributed by atoms with Crippen molar-refractivity contribution in [2.75, 3.05) is 17.7 Å². The Morgan fingerprint density at radius 3 is 2.22 bits per heavy atom. The third kappa shape index (κ3) is 3.77. The van der Waals surface area contributed by atoms with Gasteiger partial charge in [0.1, 0.15) is 23.2 Å². The van der Waals surface area contributed by atoms with E-state index in [1.54, 1.807) is 7.11 Å². The molecule has 1 aromatic heterocycles. The van der Waals surface area contributed by atoms with Crippen LogP contribution < -0.4 is 15.4 Å². The Balaban J connectivity index is 1.86. The fraction of sp³-hybridized carbons (Fsp3) is 0.111. The van der Waals surface area contributed by atoms with Crippen LogP contribution in [-0.2, 0) is 0 Å². The van der Waals surface area contributed by atoms with Gasteiger partial charge in [-0.15, -0.1) is 0 Å². The van der Waals surface area contributed by atoms with Crippen LogP contribution in [0.5, 0.6) is 5.75 Å². The number of para-hydroxylation sites is 3. The number of hydrogen-bond donors (Lipinski definition) is 2. The van der Waals surface area contributed by atoms with Crippen LogP contribution in [-0.4, -0.2) is 17.1 Å². The Bertz CT molecular complexity index is 790. The summed E-state index contributed by atoms with van der Waals surface area (Å²) in [6.07, 6.45) is 0. The predicted octanol–water partition coefficient (Wildman–Crippen LogP) is 4.28.